The van der Waals surface area contributed by atoms with E-state index in [0.717, 1.165) is 12.6 Å². The smallest absolute Gasteiger partial charge is 0.333 e. The summed E-state index contributed by atoms with van der Waals surface area (Å²) >= 11 is 0.425. The molecule has 0 saturated heterocycles. The van der Waals surface area contributed by atoms with Gasteiger partial charge in [0.05, 0.1) is 5.69 Å². The topological polar surface area (TPSA) is 142 Å². The van der Waals surface area contributed by atoms with Gasteiger partial charge in [0.2, 0.25) is 0 Å². The van der Waals surface area contributed by atoms with Crippen LogP contribution in [0.4, 0.5) is 0 Å². The molecule has 0 saturated carbocycles. The number of aromatic amines is 2. The van der Waals surface area contributed by atoms with Gasteiger partial charge in [0.25, 0.3) is 11.1 Å². The van der Waals surface area contributed by atoms with E-state index in [1.54, 1.807) is 6.92 Å². The lowest BCUT2D eigenvalue weighted by Crippen LogP contribution is -2.29. The third kappa shape index (κ3) is 4.76. The van der Waals surface area contributed by atoms with E-state index >= 15 is 0 Å². The van der Waals surface area contributed by atoms with Crippen LogP contribution in [0.15, 0.2) is 55.6 Å². The summed E-state index contributed by atoms with van der Waals surface area (Å²) < 4.78 is 1.46. The molecule has 10 heteroatoms. The summed E-state index contributed by atoms with van der Waals surface area (Å²) in [6.45, 7) is 2.87. The molecule has 0 spiro atoms. The Morgan fingerprint density at radius 3 is 2.22 bits per heavy atom. The molecule has 140 valence electrons. The number of rotatable bonds is 2. The summed E-state index contributed by atoms with van der Waals surface area (Å²) in [6, 6.07) is 10.6. The van der Waals surface area contributed by atoms with Crippen LogP contribution in [0.3, 0.4) is 0 Å². The predicted octanol–water partition coefficient (Wildman–Crippen LogP) is 0.539. The van der Waals surface area contributed by atoms with Crippen LogP contribution >= 0.6 is 11.3 Å². The molecule has 3 rings (SSSR count). The Morgan fingerprint density at radius 2 is 1.70 bits per heavy atom. The number of carbonyl (C=O) groups is 1. The van der Waals surface area contributed by atoms with E-state index in [1.165, 1.54) is 10.6 Å². The van der Waals surface area contributed by atoms with Crippen LogP contribution in [0.1, 0.15) is 23.0 Å². The number of nitrogens with one attached hydrogen (secondary N) is 2. The molecule has 0 aliphatic carbocycles. The average Bonchev–Trinajstić information content (AvgIpc) is 2.54. The molecule has 9 nitrogen and oxygen atoms in total. The van der Waals surface area contributed by atoms with Gasteiger partial charge in [-0.25, -0.2) is 4.79 Å². The fraction of sp³-hybridized carbons (Fsp3) is 0.118. The van der Waals surface area contributed by atoms with Crippen molar-refractivity contribution >= 4 is 17.1 Å². The van der Waals surface area contributed by atoms with Gasteiger partial charge in [0.1, 0.15) is 5.56 Å². The summed E-state index contributed by atoms with van der Waals surface area (Å²) in [5, 5.41) is 8.49. The fourth-order valence-corrected chi connectivity index (χ4v) is 2.89. The quantitative estimate of drug-likeness (QED) is 0.546. The molecule has 0 amide bonds. The molecule has 0 aliphatic rings. The first-order valence-electron chi connectivity index (χ1n) is 7.56. The lowest BCUT2D eigenvalue weighted by Gasteiger charge is -2.07. The van der Waals surface area contributed by atoms with E-state index in [9.17, 15) is 24.0 Å². The highest BCUT2D eigenvalue weighted by Gasteiger charge is 2.12. The summed E-state index contributed by atoms with van der Waals surface area (Å²) in [5.41, 5.74) is -0.620. The van der Waals surface area contributed by atoms with Gasteiger partial charge in [0, 0.05) is 11.8 Å². The molecule has 0 aliphatic heterocycles. The van der Waals surface area contributed by atoms with E-state index in [2.05, 4.69) is 4.98 Å². The number of carbonyl (C=O) groups excluding carboxylic acids is 1. The molecule has 0 unspecified atom stereocenters. The van der Waals surface area contributed by atoms with Crippen LogP contribution in [0.25, 0.3) is 5.69 Å². The average molecular weight is 389 g/mol. The SMILES string of the molecule is CC(=O)c1c(O)sc(=O)[nH]c1=O.Cc1cc(=O)[nH]c(=O)n1-c1ccccc1. The van der Waals surface area contributed by atoms with Crippen molar-refractivity contribution in [1.82, 2.24) is 14.5 Å². The van der Waals surface area contributed by atoms with Crippen molar-refractivity contribution < 1.29 is 9.90 Å². The van der Waals surface area contributed by atoms with Gasteiger partial charge < -0.3 is 5.11 Å². The standard InChI is InChI=1S/C11H10N2O2.C6H5NO4S/c1-8-7-10(14)12-11(15)13(8)9-5-3-2-4-6-9;1-2(8)3-4(9)7-6(11)12-5(3)10/h2-7H,1H3,(H,12,14,15);10H,1H3,(H,7,9,11). The molecule has 0 radical (unpaired) electrons. The van der Waals surface area contributed by atoms with Gasteiger partial charge in [-0.1, -0.05) is 18.2 Å². The number of para-hydroxylation sites is 1. The van der Waals surface area contributed by atoms with Gasteiger partial charge in [-0.2, -0.15) is 0 Å². The van der Waals surface area contributed by atoms with E-state index in [4.69, 9.17) is 5.11 Å². The van der Waals surface area contributed by atoms with Gasteiger partial charge in [0.15, 0.2) is 10.8 Å². The number of aromatic hydroxyl groups is 1. The number of aryl methyl sites for hydroxylation is 1. The normalized spacial score (nSPS) is 10.0. The molecule has 1 aromatic carbocycles. The zero-order valence-corrected chi connectivity index (χ0v) is 15.1. The van der Waals surface area contributed by atoms with E-state index < -0.39 is 27.0 Å². The molecule has 2 aromatic heterocycles. The zero-order valence-electron chi connectivity index (χ0n) is 14.3. The summed E-state index contributed by atoms with van der Waals surface area (Å²) in [5.74, 6) is -0.565. The Labute approximate surface area is 155 Å². The van der Waals surface area contributed by atoms with Crippen molar-refractivity contribution in [3.8, 4) is 10.8 Å². The van der Waals surface area contributed by atoms with Crippen molar-refractivity contribution in [2.75, 3.05) is 0 Å². The first-order chi connectivity index (χ1) is 12.7. The van der Waals surface area contributed by atoms with Crippen LogP contribution in [0, 0.1) is 6.92 Å². The molecular weight excluding hydrogens is 374 g/mol. The monoisotopic (exact) mass is 389 g/mol. The maximum Gasteiger partial charge on any atom is 0.333 e. The second-order valence-electron chi connectivity index (χ2n) is 5.33. The Morgan fingerprint density at radius 1 is 1.07 bits per heavy atom. The highest BCUT2D eigenvalue weighted by Crippen LogP contribution is 2.14. The first-order valence-corrected chi connectivity index (χ1v) is 8.38. The minimum atomic E-state index is -0.844. The maximum atomic E-state index is 11.6. The summed E-state index contributed by atoms with van der Waals surface area (Å²) in [6.07, 6.45) is 0. The zero-order chi connectivity index (χ0) is 20.1. The minimum Gasteiger partial charge on any atom is -0.499 e. The number of ketones is 1. The Hall–Kier alpha value is -3.53. The number of hydrogen-bond acceptors (Lipinski definition) is 7. The molecule has 2 heterocycles. The third-order valence-corrected chi connectivity index (χ3v) is 4.02. The van der Waals surface area contributed by atoms with Crippen LogP contribution in [-0.2, 0) is 0 Å². The Kier molecular flexibility index (Phi) is 6.03. The van der Waals surface area contributed by atoms with Gasteiger partial charge in [-0.3, -0.25) is 33.7 Å². The minimum absolute atomic E-state index is 0.361. The maximum absolute atomic E-state index is 11.6. The Balaban J connectivity index is 0.000000199. The third-order valence-electron chi connectivity index (χ3n) is 3.34. The number of aromatic nitrogens is 3. The van der Waals surface area contributed by atoms with Crippen molar-refractivity contribution in [2.45, 2.75) is 13.8 Å². The number of hydrogen-bond donors (Lipinski definition) is 3. The number of Topliss-reactive ketones (excluding diaryl/α,β-unsaturated/α-hetero) is 1. The molecule has 0 fully saturated rings. The van der Waals surface area contributed by atoms with E-state index in [1.807, 2.05) is 35.3 Å². The largest absolute Gasteiger partial charge is 0.499 e. The van der Waals surface area contributed by atoms with Crippen LogP contribution in [0.2, 0.25) is 0 Å². The van der Waals surface area contributed by atoms with Crippen molar-refractivity contribution in [2.24, 2.45) is 0 Å². The lowest BCUT2D eigenvalue weighted by molar-refractivity contribution is 0.101. The van der Waals surface area contributed by atoms with Crippen LogP contribution in [0.5, 0.6) is 5.06 Å². The predicted molar refractivity (Wildman–Crippen MR) is 100 cm³/mol. The fourth-order valence-electron chi connectivity index (χ4n) is 2.24. The molecule has 3 aromatic rings. The van der Waals surface area contributed by atoms with Crippen molar-refractivity contribution in [3.05, 3.63) is 88.5 Å². The number of benzene rings is 1. The molecular formula is C17H15N3O6S. The highest BCUT2D eigenvalue weighted by atomic mass is 32.1. The summed E-state index contributed by atoms with van der Waals surface area (Å²) in [4.78, 5) is 58.2. The molecule has 0 bridgehead atoms. The Bertz CT molecular complexity index is 1200. The van der Waals surface area contributed by atoms with Crippen LogP contribution in [-0.4, -0.2) is 25.4 Å². The van der Waals surface area contributed by atoms with Crippen molar-refractivity contribution in [1.29, 1.82) is 0 Å². The first kappa shape index (κ1) is 19.8. The van der Waals surface area contributed by atoms with Gasteiger partial charge in [-0.15, -0.1) is 0 Å². The van der Waals surface area contributed by atoms with E-state index in [0.29, 0.717) is 17.0 Å². The second-order valence-corrected chi connectivity index (χ2v) is 6.29. The molecule has 3 N–H and O–H groups in total. The summed E-state index contributed by atoms with van der Waals surface area (Å²) in [7, 11) is 0. The van der Waals surface area contributed by atoms with Gasteiger partial charge in [-0.05, 0) is 37.3 Å². The lowest BCUT2D eigenvalue weighted by atomic mass is 10.2. The highest BCUT2D eigenvalue weighted by molar-refractivity contribution is 7.11. The van der Waals surface area contributed by atoms with Crippen molar-refractivity contribution in [3.63, 3.8) is 0 Å². The van der Waals surface area contributed by atoms with Crippen LogP contribution < -0.4 is 21.7 Å². The number of H-pyrrole nitrogens is 2. The number of nitrogens with zero attached hydrogens (tertiary/aromatic N) is 1. The molecule has 27 heavy (non-hydrogen) atoms. The second kappa shape index (κ2) is 8.23. The van der Waals surface area contributed by atoms with E-state index in [-0.39, 0.29) is 11.1 Å². The molecule has 0 atom stereocenters. The van der Waals surface area contributed by atoms with Gasteiger partial charge >= 0.3 is 10.6 Å².